The smallest absolute Gasteiger partial charge is 0.156 e. The molecule has 2 heterocycles. The summed E-state index contributed by atoms with van der Waals surface area (Å²) < 4.78 is 31.0. The summed E-state index contributed by atoms with van der Waals surface area (Å²) in [5.41, 5.74) is 0.793. The largest absolute Gasteiger partial charge is 0.488 e. The fourth-order valence-corrected chi connectivity index (χ4v) is 6.99. The second-order valence-corrected chi connectivity index (χ2v) is 10.3. The fraction of sp³-hybridized carbons (Fsp3) is 0.409. The first kappa shape index (κ1) is 19.0. The van der Waals surface area contributed by atoms with Crippen molar-refractivity contribution in [1.29, 1.82) is 5.26 Å². The molecule has 2 fully saturated rings. The molecule has 0 aromatic heterocycles. The van der Waals surface area contributed by atoms with E-state index in [4.69, 9.17) is 4.74 Å². The Kier molecular flexibility index (Phi) is 4.90. The Balaban J connectivity index is 1.62. The highest BCUT2D eigenvalue weighted by atomic mass is 32.2. The van der Waals surface area contributed by atoms with E-state index in [0.717, 1.165) is 12.0 Å². The van der Waals surface area contributed by atoms with E-state index in [2.05, 4.69) is 6.07 Å². The van der Waals surface area contributed by atoms with Crippen molar-refractivity contribution < 1.29 is 18.3 Å². The van der Waals surface area contributed by atoms with Gasteiger partial charge in [-0.1, -0.05) is 42.8 Å². The molecular formula is C22H23NO4S. The predicted molar refractivity (Wildman–Crippen MR) is 105 cm³/mol. The monoisotopic (exact) mass is 397 g/mol. The highest BCUT2D eigenvalue weighted by Crippen LogP contribution is 2.46. The number of benzene rings is 2. The van der Waals surface area contributed by atoms with Gasteiger partial charge in [0.05, 0.1) is 21.7 Å². The van der Waals surface area contributed by atoms with Crippen molar-refractivity contribution >= 4 is 9.84 Å². The lowest BCUT2D eigenvalue weighted by Crippen LogP contribution is -2.50. The average Bonchev–Trinajstić information content (AvgIpc) is 2.68. The Hall–Kier alpha value is -2.36. The van der Waals surface area contributed by atoms with E-state index in [9.17, 15) is 18.8 Å². The number of sulfone groups is 1. The molecule has 2 aromatic rings. The molecule has 2 aliphatic heterocycles. The van der Waals surface area contributed by atoms with Crippen molar-refractivity contribution in [2.45, 2.75) is 54.8 Å². The molecule has 2 unspecified atom stereocenters. The summed E-state index contributed by atoms with van der Waals surface area (Å²) in [7, 11) is -3.16. The van der Waals surface area contributed by atoms with Gasteiger partial charge in [-0.25, -0.2) is 8.42 Å². The first-order chi connectivity index (χ1) is 13.4. The first-order valence-electron chi connectivity index (χ1n) is 9.59. The molecule has 28 heavy (non-hydrogen) atoms. The van der Waals surface area contributed by atoms with Crippen LogP contribution in [0, 0.1) is 11.3 Å². The molecule has 2 bridgehead atoms. The maximum Gasteiger partial charge on any atom is 0.156 e. The van der Waals surface area contributed by atoms with Crippen LogP contribution >= 0.6 is 0 Å². The van der Waals surface area contributed by atoms with Crippen LogP contribution in [0.25, 0.3) is 0 Å². The second kappa shape index (κ2) is 7.23. The number of hydrogen-bond acceptors (Lipinski definition) is 5. The zero-order valence-electron chi connectivity index (χ0n) is 15.5. The normalized spacial score (nSPS) is 28.3. The first-order valence-corrected chi connectivity index (χ1v) is 11.2. The molecule has 2 atom stereocenters. The molecule has 2 aromatic carbocycles. The number of aliphatic hydroxyl groups is 1. The van der Waals surface area contributed by atoms with Crippen LogP contribution in [-0.2, 0) is 22.0 Å². The van der Waals surface area contributed by atoms with Crippen LogP contribution in [0.5, 0.6) is 5.75 Å². The minimum Gasteiger partial charge on any atom is -0.488 e. The highest BCUT2D eigenvalue weighted by Gasteiger charge is 2.51. The third-order valence-electron chi connectivity index (χ3n) is 5.99. The molecular weight excluding hydrogens is 374 g/mol. The molecule has 0 aliphatic carbocycles. The van der Waals surface area contributed by atoms with Gasteiger partial charge in [-0.3, -0.25) is 0 Å². The molecule has 1 N–H and O–H groups in total. The summed E-state index contributed by atoms with van der Waals surface area (Å²) in [6.45, 7) is 0.316. The van der Waals surface area contributed by atoms with Crippen LogP contribution in [0.4, 0.5) is 0 Å². The molecule has 2 aliphatic rings. The number of nitrogens with zero attached hydrogens (tertiary/aromatic N) is 1. The maximum atomic E-state index is 12.6. The molecule has 0 radical (unpaired) electrons. The van der Waals surface area contributed by atoms with Gasteiger partial charge in [0.2, 0.25) is 0 Å². The molecule has 6 heteroatoms. The SMILES string of the molecule is N#Cc1ccc(C2(O)CC3CCCC(C2)S3(=O)=O)cc1OCc1ccccc1. The van der Waals surface area contributed by atoms with Gasteiger partial charge in [-0.15, -0.1) is 0 Å². The summed E-state index contributed by atoms with van der Waals surface area (Å²) in [4.78, 5) is 0. The van der Waals surface area contributed by atoms with E-state index in [0.29, 0.717) is 36.3 Å². The van der Waals surface area contributed by atoms with Crippen LogP contribution in [0.3, 0.4) is 0 Å². The van der Waals surface area contributed by atoms with Crippen molar-refractivity contribution in [3.05, 3.63) is 65.2 Å². The third-order valence-corrected chi connectivity index (χ3v) is 8.65. The van der Waals surface area contributed by atoms with Crippen LogP contribution in [-0.4, -0.2) is 24.0 Å². The Morgan fingerprint density at radius 1 is 1.11 bits per heavy atom. The lowest BCUT2D eigenvalue weighted by molar-refractivity contribution is 0.00478. The fourth-order valence-electron chi connectivity index (χ4n) is 4.44. The van der Waals surface area contributed by atoms with Crippen LogP contribution < -0.4 is 4.74 Å². The van der Waals surface area contributed by atoms with E-state index in [-0.39, 0.29) is 12.8 Å². The summed E-state index contributed by atoms with van der Waals surface area (Å²) in [6.07, 6.45) is 2.51. The van der Waals surface area contributed by atoms with Crippen LogP contribution in [0.1, 0.15) is 48.8 Å². The number of rotatable bonds is 4. The maximum absolute atomic E-state index is 12.6. The summed E-state index contributed by atoms with van der Waals surface area (Å²) in [6, 6.07) is 16.8. The van der Waals surface area contributed by atoms with Crippen molar-refractivity contribution in [2.24, 2.45) is 0 Å². The summed E-state index contributed by atoms with van der Waals surface area (Å²) >= 11 is 0. The molecule has 5 nitrogen and oxygen atoms in total. The van der Waals surface area contributed by atoms with Gasteiger partial charge in [0.15, 0.2) is 9.84 Å². The quantitative estimate of drug-likeness (QED) is 0.854. The minimum absolute atomic E-state index is 0.204. The van der Waals surface area contributed by atoms with Crippen LogP contribution in [0.15, 0.2) is 48.5 Å². The number of fused-ring (bicyclic) bond motifs is 2. The number of hydrogen-bond donors (Lipinski definition) is 1. The Bertz CT molecular complexity index is 991. The molecule has 2 saturated heterocycles. The second-order valence-electron chi connectivity index (χ2n) is 7.80. The van der Waals surface area contributed by atoms with Gasteiger partial charge < -0.3 is 9.84 Å². The van der Waals surface area contributed by atoms with Crippen LogP contribution in [0.2, 0.25) is 0 Å². The predicted octanol–water partition coefficient (Wildman–Crippen LogP) is 3.45. The van der Waals surface area contributed by atoms with E-state index in [1.54, 1.807) is 18.2 Å². The van der Waals surface area contributed by atoms with E-state index in [1.807, 2.05) is 30.3 Å². The summed E-state index contributed by atoms with van der Waals surface area (Å²) in [5, 5.41) is 19.8. The zero-order valence-corrected chi connectivity index (χ0v) is 16.4. The van der Waals surface area contributed by atoms with Crippen molar-refractivity contribution in [2.75, 3.05) is 0 Å². The highest BCUT2D eigenvalue weighted by molar-refractivity contribution is 7.92. The third kappa shape index (κ3) is 3.41. The van der Waals surface area contributed by atoms with Crippen molar-refractivity contribution in [3.8, 4) is 11.8 Å². The van der Waals surface area contributed by atoms with Crippen molar-refractivity contribution in [3.63, 3.8) is 0 Å². The van der Waals surface area contributed by atoms with Gasteiger partial charge in [0, 0.05) is 0 Å². The standard InChI is InChI=1S/C22H23NO4S/c23-14-17-9-10-18(11-21(17)27-15-16-5-2-1-3-6-16)22(24)12-19-7-4-8-20(13-22)28(19,25)26/h1-3,5-6,9-11,19-20,24H,4,7-8,12-13,15H2. The molecule has 0 amide bonds. The van der Waals surface area contributed by atoms with E-state index in [1.165, 1.54) is 0 Å². The average molecular weight is 397 g/mol. The Morgan fingerprint density at radius 3 is 2.43 bits per heavy atom. The van der Waals surface area contributed by atoms with E-state index >= 15 is 0 Å². The minimum atomic E-state index is -3.16. The van der Waals surface area contributed by atoms with E-state index < -0.39 is 25.9 Å². The van der Waals surface area contributed by atoms with Gasteiger partial charge in [-0.05, 0) is 48.9 Å². The lowest BCUT2D eigenvalue weighted by atomic mass is 9.80. The molecule has 4 rings (SSSR count). The van der Waals surface area contributed by atoms with Gasteiger partial charge in [0.25, 0.3) is 0 Å². The Morgan fingerprint density at radius 2 is 1.79 bits per heavy atom. The van der Waals surface area contributed by atoms with Gasteiger partial charge in [-0.2, -0.15) is 5.26 Å². The zero-order chi connectivity index (χ0) is 19.8. The molecule has 0 spiro atoms. The molecule has 0 saturated carbocycles. The van der Waals surface area contributed by atoms with Gasteiger partial charge in [0.1, 0.15) is 18.4 Å². The van der Waals surface area contributed by atoms with Crippen molar-refractivity contribution in [1.82, 2.24) is 0 Å². The molecule has 146 valence electrons. The topological polar surface area (TPSA) is 87.4 Å². The number of ether oxygens (including phenoxy) is 1. The summed E-state index contributed by atoms with van der Waals surface area (Å²) in [5.74, 6) is 0.413. The van der Waals surface area contributed by atoms with Gasteiger partial charge >= 0.3 is 0 Å². The Labute approximate surface area is 165 Å². The number of nitriles is 1. The lowest BCUT2D eigenvalue weighted by Gasteiger charge is -2.44.